The zero-order valence-electron chi connectivity index (χ0n) is 16.9. The van der Waals surface area contributed by atoms with Gasteiger partial charge in [0, 0.05) is 38.4 Å². The highest BCUT2D eigenvalue weighted by Gasteiger charge is 2.47. The van der Waals surface area contributed by atoms with Crippen molar-refractivity contribution in [3.63, 3.8) is 0 Å². The first-order valence-electron chi connectivity index (χ1n) is 10.6. The average Bonchev–Trinajstić information content (AvgIpc) is 3.35. The maximum Gasteiger partial charge on any atom is 0.394 e. The van der Waals surface area contributed by atoms with E-state index in [4.69, 9.17) is 0 Å². The third kappa shape index (κ3) is 4.49. The van der Waals surface area contributed by atoms with Gasteiger partial charge in [-0.05, 0) is 31.6 Å². The number of sulfonamides is 1. The molecule has 3 heterocycles. The molecule has 3 aliphatic heterocycles. The maximum atomic E-state index is 13.1. The van der Waals surface area contributed by atoms with Gasteiger partial charge in [0.2, 0.25) is 10.0 Å². The van der Waals surface area contributed by atoms with Crippen molar-refractivity contribution < 1.29 is 21.6 Å². The summed E-state index contributed by atoms with van der Waals surface area (Å²) in [7, 11) is -3.55. The number of piperidine rings is 1. The highest BCUT2D eigenvalue weighted by Crippen LogP contribution is 2.33. The first-order valence-corrected chi connectivity index (χ1v) is 12.2. The number of nitrogens with zero attached hydrogens (tertiary/aromatic N) is 2. The van der Waals surface area contributed by atoms with Gasteiger partial charge < -0.3 is 5.01 Å². The predicted octanol–water partition coefficient (Wildman–Crippen LogP) is 0.484. The Morgan fingerprint density at radius 2 is 1.87 bits per heavy atom. The topological polar surface area (TPSA) is 88.7 Å². The van der Waals surface area contributed by atoms with E-state index in [9.17, 15) is 21.6 Å². The van der Waals surface area contributed by atoms with Crippen LogP contribution in [0.25, 0.3) is 0 Å². The number of rotatable bonds is 5. The molecular formula is C18H31F3N6O2S. The van der Waals surface area contributed by atoms with Gasteiger partial charge in [-0.1, -0.05) is 13.0 Å². The molecule has 6 atom stereocenters. The number of hydrogen-bond acceptors (Lipinski definition) is 7. The van der Waals surface area contributed by atoms with E-state index in [2.05, 4.69) is 27.5 Å². The van der Waals surface area contributed by atoms with Crippen molar-refractivity contribution in [2.45, 2.75) is 61.8 Å². The van der Waals surface area contributed by atoms with Crippen molar-refractivity contribution in [2.75, 3.05) is 26.2 Å². The van der Waals surface area contributed by atoms with Gasteiger partial charge in [-0.15, -0.1) is 0 Å². The van der Waals surface area contributed by atoms with Crippen LogP contribution in [0.4, 0.5) is 13.2 Å². The van der Waals surface area contributed by atoms with Gasteiger partial charge in [-0.25, -0.2) is 23.6 Å². The molecule has 8 nitrogen and oxygen atoms in total. The molecule has 4 fully saturated rings. The number of nitrogens with one attached hydrogen (secondary N) is 4. The fourth-order valence-electron chi connectivity index (χ4n) is 5.26. The molecule has 0 aromatic carbocycles. The largest absolute Gasteiger partial charge is 0.394 e. The molecule has 1 aliphatic carbocycles. The van der Waals surface area contributed by atoms with Crippen LogP contribution in [0.3, 0.4) is 0 Å². The number of hydrazine groups is 2. The molecule has 4 N–H and O–H groups in total. The Labute approximate surface area is 175 Å². The molecule has 30 heavy (non-hydrogen) atoms. The van der Waals surface area contributed by atoms with Crippen molar-refractivity contribution >= 4 is 10.0 Å². The number of alkyl halides is 3. The summed E-state index contributed by atoms with van der Waals surface area (Å²) >= 11 is 0. The van der Waals surface area contributed by atoms with E-state index in [1.165, 1.54) is 0 Å². The summed E-state index contributed by atoms with van der Waals surface area (Å²) < 4.78 is 67.7. The minimum absolute atomic E-state index is 0.0587. The summed E-state index contributed by atoms with van der Waals surface area (Å²) in [5, 5.41) is 6.02. The standard InChI is InChI=1S/C18H31F3N6O2S/c1-2-26-17-12(8-23-26)4-3-5-15(17)25-30(28,29)14-6-7-16(22-10-14)27-11-13(9-24-27)18(19,20)21/h2,12-17,22-25H,1,3-11H2. The normalized spacial score (nSPS) is 38.6. The van der Waals surface area contributed by atoms with Crippen LogP contribution >= 0.6 is 0 Å². The van der Waals surface area contributed by atoms with Crippen LogP contribution in [0, 0.1) is 11.8 Å². The minimum atomic E-state index is -4.22. The second-order valence-electron chi connectivity index (χ2n) is 8.78. The lowest BCUT2D eigenvalue weighted by molar-refractivity contribution is -0.167. The Morgan fingerprint density at radius 1 is 1.07 bits per heavy atom. The molecule has 0 amide bonds. The van der Waals surface area contributed by atoms with Gasteiger partial charge in [-0.3, -0.25) is 10.7 Å². The molecule has 4 rings (SSSR count). The van der Waals surface area contributed by atoms with Crippen LogP contribution < -0.4 is 20.9 Å². The first-order chi connectivity index (χ1) is 14.2. The number of halogens is 3. The van der Waals surface area contributed by atoms with Crippen molar-refractivity contribution in [1.29, 1.82) is 0 Å². The molecule has 0 aromatic heterocycles. The Kier molecular flexibility index (Phi) is 6.35. The Hall–Kier alpha value is -0.920. The summed E-state index contributed by atoms with van der Waals surface area (Å²) in [5.74, 6) is -1.00. The zero-order valence-corrected chi connectivity index (χ0v) is 17.7. The highest BCUT2D eigenvalue weighted by molar-refractivity contribution is 7.90. The average molecular weight is 453 g/mol. The number of hydrogen-bond donors (Lipinski definition) is 4. The van der Waals surface area contributed by atoms with E-state index in [-0.39, 0.29) is 37.9 Å². The Bertz CT molecular complexity index is 728. The molecule has 12 heteroatoms. The molecule has 0 spiro atoms. The van der Waals surface area contributed by atoms with Crippen molar-refractivity contribution in [3.05, 3.63) is 12.8 Å². The molecule has 3 saturated heterocycles. The highest BCUT2D eigenvalue weighted by atomic mass is 32.2. The molecule has 1 saturated carbocycles. The van der Waals surface area contributed by atoms with Crippen molar-refractivity contribution in [1.82, 2.24) is 30.9 Å². The van der Waals surface area contributed by atoms with Gasteiger partial charge >= 0.3 is 6.18 Å². The van der Waals surface area contributed by atoms with Crippen LogP contribution in [0.1, 0.15) is 32.1 Å². The van der Waals surface area contributed by atoms with E-state index in [0.717, 1.165) is 25.8 Å². The van der Waals surface area contributed by atoms with E-state index in [1.54, 1.807) is 11.2 Å². The van der Waals surface area contributed by atoms with E-state index in [0.29, 0.717) is 18.8 Å². The Balaban J connectivity index is 1.32. The lowest BCUT2D eigenvalue weighted by Crippen LogP contribution is -2.59. The third-order valence-electron chi connectivity index (χ3n) is 6.93. The number of fused-ring (bicyclic) bond motifs is 1. The molecule has 0 bridgehead atoms. The molecular weight excluding hydrogens is 421 g/mol. The molecule has 6 unspecified atom stereocenters. The summed E-state index contributed by atoms with van der Waals surface area (Å²) in [6.07, 6.45) is 0.901. The van der Waals surface area contributed by atoms with Gasteiger partial charge in [0.15, 0.2) is 0 Å². The van der Waals surface area contributed by atoms with Gasteiger partial charge in [0.25, 0.3) is 0 Å². The molecule has 0 radical (unpaired) electrons. The summed E-state index contributed by atoms with van der Waals surface area (Å²) in [6.45, 7) is 4.61. The van der Waals surface area contributed by atoms with Gasteiger partial charge in [0.05, 0.1) is 23.4 Å². The monoisotopic (exact) mass is 452 g/mol. The van der Waals surface area contributed by atoms with Gasteiger partial charge in [0.1, 0.15) is 0 Å². The molecule has 172 valence electrons. The lowest BCUT2D eigenvalue weighted by atomic mass is 9.82. The quantitative estimate of drug-likeness (QED) is 0.483. The Morgan fingerprint density at radius 3 is 2.50 bits per heavy atom. The van der Waals surface area contributed by atoms with Crippen LogP contribution in [-0.4, -0.2) is 74.3 Å². The van der Waals surface area contributed by atoms with E-state index in [1.807, 2.05) is 5.01 Å². The molecule has 4 aliphatic rings. The second kappa shape index (κ2) is 8.55. The van der Waals surface area contributed by atoms with Crippen molar-refractivity contribution in [2.24, 2.45) is 11.8 Å². The SMILES string of the molecule is C=CN1NCC2CCCC(NS(=O)(=O)C3CCC(N4CC(C(F)(F)F)CN4)NC3)C21. The van der Waals surface area contributed by atoms with E-state index < -0.39 is 27.4 Å². The fraction of sp³-hybridized carbons (Fsp3) is 0.889. The van der Waals surface area contributed by atoms with Crippen LogP contribution in [0.2, 0.25) is 0 Å². The van der Waals surface area contributed by atoms with Gasteiger partial charge in [-0.2, -0.15) is 13.2 Å². The summed E-state index contributed by atoms with van der Waals surface area (Å²) in [4.78, 5) is 0. The predicted molar refractivity (Wildman–Crippen MR) is 106 cm³/mol. The van der Waals surface area contributed by atoms with Crippen molar-refractivity contribution in [3.8, 4) is 0 Å². The smallest absolute Gasteiger partial charge is 0.311 e. The summed E-state index contributed by atoms with van der Waals surface area (Å²) in [5.41, 5.74) is 6.07. The van der Waals surface area contributed by atoms with Crippen LogP contribution in [0.15, 0.2) is 12.8 Å². The molecule has 0 aromatic rings. The lowest BCUT2D eigenvalue weighted by Gasteiger charge is -2.39. The first kappa shape index (κ1) is 22.3. The summed E-state index contributed by atoms with van der Waals surface area (Å²) in [6, 6.07) is -0.115. The fourth-order valence-corrected chi connectivity index (χ4v) is 6.89. The van der Waals surface area contributed by atoms with Crippen LogP contribution in [0.5, 0.6) is 0 Å². The minimum Gasteiger partial charge on any atom is -0.311 e. The van der Waals surface area contributed by atoms with E-state index >= 15 is 0 Å². The zero-order chi connectivity index (χ0) is 21.5. The third-order valence-corrected chi connectivity index (χ3v) is 8.85. The maximum absolute atomic E-state index is 13.1. The van der Waals surface area contributed by atoms with Crippen LogP contribution in [-0.2, 0) is 10.0 Å². The second-order valence-corrected chi connectivity index (χ2v) is 10.8.